The molecule has 188 valence electrons. The second-order valence-electron chi connectivity index (χ2n) is 9.43. The molecule has 1 saturated heterocycles. The third kappa shape index (κ3) is 5.91. The average Bonchev–Trinajstić information content (AvgIpc) is 3.33. The van der Waals surface area contributed by atoms with E-state index in [-0.39, 0.29) is 36.7 Å². The van der Waals surface area contributed by atoms with Crippen LogP contribution in [0.5, 0.6) is 5.75 Å². The molecule has 0 radical (unpaired) electrons. The SMILES string of the molecule is COc1cccc(COC(C(C)C)[C@H](NC(=O)c2ccc3ccccc3c2)C(=O)N2CCC(=O)C2)c1. The molecule has 1 fully saturated rings. The number of hydrogen-bond donors (Lipinski definition) is 1. The monoisotopic (exact) mass is 488 g/mol. The molecule has 0 aliphatic carbocycles. The fraction of sp³-hybridized carbons (Fsp3) is 0.345. The van der Waals surface area contributed by atoms with E-state index in [0.29, 0.717) is 24.3 Å². The highest BCUT2D eigenvalue weighted by atomic mass is 16.5. The van der Waals surface area contributed by atoms with Gasteiger partial charge in [-0.2, -0.15) is 0 Å². The van der Waals surface area contributed by atoms with Crippen LogP contribution in [-0.2, 0) is 20.9 Å². The van der Waals surface area contributed by atoms with Crippen LogP contribution in [0.25, 0.3) is 10.8 Å². The number of likely N-dealkylation sites (tertiary alicyclic amines) is 1. The van der Waals surface area contributed by atoms with Gasteiger partial charge in [-0.25, -0.2) is 0 Å². The Morgan fingerprint density at radius 2 is 1.78 bits per heavy atom. The van der Waals surface area contributed by atoms with Crippen LogP contribution in [-0.4, -0.2) is 54.8 Å². The Kier molecular flexibility index (Phi) is 8.00. The summed E-state index contributed by atoms with van der Waals surface area (Å²) in [6.07, 6.45) is -0.280. The summed E-state index contributed by atoms with van der Waals surface area (Å²) in [6, 6.07) is 19.8. The summed E-state index contributed by atoms with van der Waals surface area (Å²) in [7, 11) is 1.60. The highest BCUT2D eigenvalue weighted by molar-refractivity contribution is 6.01. The zero-order chi connectivity index (χ0) is 25.7. The molecule has 36 heavy (non-hydrogen) atoms. The van der Waals surface area contributed by atoms with Crippen molar-refractivity contribution in [2.24, 2.45) is 5.92 Å². The number of benzene rings is 3. The fourth-order valence-electron chi connectivity index (χ4n) is 4.48. The number of fused-ring (bicyclic) bond motifs is 1. The Bertz CT molecular complexity index is 1260. The fourth-order valence-corrected chi connectivity index (χ4v) is 4.48. The van der Waals surface area contributed by atoms with Gasteiger partial charge in [-0.1, -0.05) is 56.3 Å². The molecular formula is C29H32N2O5. The number of ketones is 1. The molecule has 1 aliphatic rings. The molecule has 2 atom stereocenters. The van der Waals surface area contributed by atoms with E-state index in [2.05, 4.69) is 5.32 Å². The molecule has 0 saturated carbocycles. The lowest BCUT2D eigenvalue weighted by atomic mass is 9.97. The molecular weight excluding hydrogens is 456 g/mol. The zero-order valence-corrected chi connectivity index (χ0v) is 20.9. The molecule has 7 nitrogen and oxygen atoms in total. The summed E-state index contributed by atoms with van der Waals surface area (Å²) in [5, 5.41) is 4.90. The Labute approximate surface area is 211 Å². The van der Waals surface area contributed by atoms with Gasteiger partial charge in [0.15, 0.2) is 5.78 Å². The lowest BCUT2D eigenvalue weighted by Gasteiger charge is -2.32. The number of methoxy groups -OCH3 is 1. The van der Waals surface area contributed by atoms with Crippen LogP contribution in [0.4, 0.5) is 0 Å². The molecule has 1 N–H and O–H groups in total. The Morgan fingerprint density at radius 1 is 1.00 bits per heavy atom. The van der Waals surface area contributed by atoms with Crippen molar-refractivity contribution in [3.8, 4) is 5.75 Å². The number of Topliss-reactive ketones (excluding diaryl/α,β-unsaturated/α-hetero) is 1. The van der Waals surface area contributed by atoms with Crippen LogP contribution in [0, 0.1) is 5.92 Å². The first-order chi connectivity index (χ1) is 17.4. The Hall–Kier alpha value is -3.71. The van der Waals surface area contributed by atoms with E-state index in [1.54, 1.807) is 13.2 Å². The first kappa shape index (κ1) is 25.4. The second-order valence-corrected chi connectivity index (χ2v) is 9.43. The molecule has 3 aromatic rings. The van der Waals surface area contributed by atoms with E-state index in [1.165, 1.54) is 4.90 Å². The first-order valence-corrected chi connectivity index (χ1v) is 12.2. The van der Waals surface area contributed by atoms with E-state index in [1.807, 2.05) is 74.5 Å². The third-order valence-corrected chi connectivity index (χ3v) is 6.47. The normalized spacial score (nSPS) is 15.2. The van der Waals surface area contributed by atoms with Crippen LogP contribution in [0.15, 0.2) is 66.7 Å². The summed E-state index contributed by atoms with van der Waals surface area (Å²) in [4.78, 5) is 40.3. The van der Waals surface area contributed by atoms with Gasteiger partial charge in [0, 0.05) is 18.5 Å². The maximum Gasteiger partial charge on any atom is 0.252 e. The molecule has 1 heterocycles. The minimum atomic E-state index is -0.944. The number of rotatable bonds is 9. The predicted octanol–water partition coefficient (Wildman–Crippen LogP) is 3.99. The van der Waals surface area contributed by atoms with Gasteiger partial charge >= 0.3 is 0 Å². The van der Waals surface area contributed by atoms with Crippen molar-refractivity contribution in [1.82, 2.24) is 10.2 Å². The van der Waals surface area contributed by atoms with Crippen LogP contribution < -0.4 is 10.1 Å². The van der Waals surface area contributed by atoms with E-state index in [9.17, 15) is 14.4 Å². The third-order valence-electron chi connectivity index (χ3n) is 6.47. The van der Waals surface area contributed by atoms with Gasteiger partial charge in [0.2, 0.25) is 5.91 Å². The summed E-state index contributed by atoms with van der Waals surface area (Å²) in [5.41, 5.74) is 1.35. The predicted molar refractivity (Wildman–Crippen MR) is 138 cm³/mol. The van der Waals surface area contributed by atoms with Gasteiger partial charge in [0.05, 0.1) is 26.4 Å². The van der Waals surface area contributed by atoms with E-state index >= 15 is 0 Å². The second kappa shape index (κ2) is 11.4. The van der Waals surface area contributed by atoms with Crippen molar-refractivity contribution in [1.29, 1.82) is 0 Å². The quantitative estimate of drug-likeness (QED) is 0.492. The number of nitrogens with zero attached hydrogens (tertiary/aromatic N) is 1. The maximum atomic E-state index is 13.6. The molecule has 0 aromatic heterocycles. The minimum absolute atomic E-state index is 0.0151. The highest BCUT2D eigenvalue weighted by Gasteiger charge is 2.38. The Balaban J connectivity index is 1.59. The highest BCUT2D eigenvalue weighted by Crippen LogP contribution is 2.21. The molecule has 0 spiro atoms. The summed E-state index contributed by atoms with van der Waals surface area (Å²) >= 11 is 0. The van der Waals surface area contributed by atoms with Crippen molar-refractivity contribution in [2.45, 2.75) is 39.0 Å². The lowest BCUT2D eigenvalue weighted by Crippen LogP contribution is -2.56. The molecule has 7 heteroatoms. The number of ether oxygens (including phenoxy) is 2. The number of carbonyl (C=O) groups is 3. The summed E-state index contributed by atoms with van der Waals surface area (Å²) < 4.78 is 11.6. The number of carbonyl (C=O) groups excluding carboxylic acids is 3. The van der Waals surface area contributed by atoms with Gasteiger partial charge in [-0.15, -0.1) is 0 Å². The molecule has 2 amide bonds. The van der Waals surface area contributed by atoms with Gasteiger partial charge in [0.1, 0.15) is 11.8 Å². The van der Waals surface area contributed by atoms with E-state index in [4.69, 9.17) is 9.47 Å². The van der Waals surface area contributed by atoms with Crippen LogP contribution in [0.3, 0.4) is 0 Å². The number of amides is 2. The van der Waals surface area contributed by atoms with Gasteiger partial charge in [-0.3, -0.25) is 14.4 Å². The smallest absolute Gasteiger partial charge is 0.252 e. The number of nitrogens with one attached hydrogen (secondary N) is 1. The molecule has 1 unspecified atom stereocenters. The largest absolute Gasteiger partial charge is 0.497 e. The van der Waals surface area contributed by atoms with Crippen LogP contribution >= 0.6 is 0 Å². The zero-order valence-electron chi connectivity index (χ0n) is 20.9. The molecule has 1 aliphatic heterocycles. The average molecular weight is 489 g/mol. The van der Waals surface area contributed by atoms with E-state index < -0.39 is 12.1 Å². The summed E-state index contributed by atoms with van der Waals surface area (Å²) in [5.74, 6) is -0.0225. The van der Waals surface area contributed by atoms with Crippen molar-refractivity contribution in [3.63, 3.8) is 0 Å². The summed E-state index contributed by atoms with van der Waals surface area (Å²) in [6.45, 7) is 4.55. The van der Waals surface area contributed by atoms with Gasteiger partial charge < -0.3 is 19.7 Å². The molecule has 3 aromatic carbocycles. The van der Waals surface area contributed by atoms with Crippen LogP contribution in [0.2, 0.25) is 0 Å². The van der Waals surface area contributed by atoms with Crippen molar-refractivity contribution in [2.75, 3.05) is 20.2 Å². The van der Waals surface area contributed by atoms with Crippen molar-refractivity contribution < 1.29 is 23.9 Å². The molecule has 0 bridgehead atoms. The standard InChI is InChI=1S/C29H32N2O5/c1-19(2)27(36-18-20-7-6-10-25(15-20)35-3)26(29(34)31-14-13-24(32)17-31)30-28(33)23-12-11-21-8-4-5-9-22(21)16-23/h4-12,15-16,19,26-27H,13-14,17-18H2,1-3H3,(H,30,33)/t26-,27?/m0/s1. The van der Waals surface area contributed by atoms with Crippen molar-refractivity contribution in [3.05, 3.63) is 77.9 Å². The minimum Gasteiger partial charge on any atom is -0.497 e. The van der Waals surface area contributed by atoms with Crippen LogP contribution in [0.1, 0.15) is 36.2 Å². The number of hydrogen-bond acceptors (Lipinski definition) is 5. The van der Waals surface area contributed by atoms with Gasteiger partial charge in [0.25, 0.3) is 5.91 Å². The molecule has 4 rings (SSSR count). The first-order valence-electron chi connectivity index (χ1n) is 12.2. The lowest BCUT2D eigenvalue weighted by molar-refractivity contribution is -0.139. The van der Waals surface area contributed by atoms with Crippen molar-refractivity contribution >= 4 is 28.4 Å². The topological polar surface area (TPSA) is 84.9 Å². The Morgan fingerprint density at radius 3 is 2.47 bits per heavy atom. The van der Waals surface area contributed by atoms with E-state index in [0.717, 1.165) is 16.3 Å². The maximum absolute atomic E-state index is 13.6. The van der Waals surface area contributed by atoms with Gasteiger partial charge in [-0.05, 0) is 46.5 Å².